The first-order chi connectivity index (χ1) is 8.26. The summed E-state index contributed by atoms with van der Waals surface area (Å²) in [7, 11) is 0. The molecule has 0 unspecified atom stereocenters. The number of benzene rings is 1. The highest BCUT2D eigenvalue weighted by Gasteiger charge is 1.93. The van der Waals surface area contributed by atoms with Gasteiger partial charge in [-0.25, -0.2) is 0 Å². The highest BCUT2D eigenvalue weighted by Crippen LogP contribution is 2.11. The molecular weight excluding hydrogens is 216 g/mol. The van der Waals surface area contributed by atoms with Crippen LogP contribution >= 0.6 is 0 Å². The highest BCUT2D eigenvalue weighted by atomic mass is 16.5. The fraction of sp³-hybridized carbons (Fsp3) is 0.308. The smallest absolute Gasteiger partial charge is 0.234 e. The molecule has 0 aliphatic rings. The van der Waals surface area contributed by atoms with Crippen molar-refractivity contribution in [3.05, 3.63) is 29.8 Å². The summed E-state index contributed by atoms with van der Waals surface area (Å²) >= 11 is 0. The highest BCUT2D eigenvalue weighted by molar-refractivity contribution is 5.77. The van der Waals surface area contributed by atoms with E-state index in [9.17, 15) is 4.79 Å². The average molecular weight is 232 g/mol. The number of hydrogen-bond donors (Lipinski definition) is 2. The van der Waals surface area contributed by atoms with E-state index in [1.54, 1.807) is 0 Å². The molecule has 0 saturated heterocycles. The molecule has 0 spiro atoms. The number of carbonyl (C=O) groups excluding carboxylic acids is 1. The Morgan fingerprint density at radius 2 is 2.35 bits per heavy atom. The lowest BCUT2D eigenvalue weighted by Crippen LogP contribution is -2.30. The second-order valence-corrected chi connectivity index (χ2v) is 3.24. The molecule has 4 heteroatoms. The van der Waals surface area contributed by atoms with Gasteiger partial charge in [0.05, 0.1) is 19.7 Å². The number of carbonyl (C=O) groups is 1. The van der Waals surface area contributed by atoms with Gasteiger partial charge in [0.15, 0.2) is 0 Å². The summed E-state index contributed by atoms with van der Waals surface area (Å²) in [5, 5.41) is 2.57. The molecule has 0 heterocycles. The third kappa shape index (κ3) is 5.05. The molecule has 0 radical (unpaired) electrons. The van der Waals surface area contributed by atoms with Gasteiger partial charge < -0.3 is 15.8 Å². The Morgan fingerprint density at radius 3 is 3.06 bits per heavy atom. The van der Waals surface area contributed by atoms with Crippen LogP contribution < -0.4 is 15.8 Å². The monoisotopic (exact) mass is 232 g/mol. The lowest BCUT2D eigenvalue weighted by molar-refractivity contribution is -0.119. The van der Waals surface area contributed by atoms with Crippen molar-refractivity contribution in [3.63, 3.8) is 0 Å². The van der Waals surface area contributed by atoms with E-state index in [2.05, 4.69) is 17.2 Å². The van der Waals surface area contributed by atoms with Crippen LogP contribution in [-0.4, -0.2) is 25.6 Å². The van der Waals surface area contributed by atoms with Gasteiger partial charge in [0.25, 0.3) is 0 Å². The van der Waals surface area contributed by atoms with E-state index in [1.807, 2.05) is 31.2 Å². The minimum Gasteiger partial charge on any atom is -0.494 e. The predicted molar refractivity (Wildman–Crippen MR) is 66.6 cm³/mol. The molecule has 1 rings (SSSR count). The molecule has 0 atom stereocenters. The third-order valence-corrected chi connectivity index (χ3v) is 1.94. The fourth-order valence-corrected chi connectivity index (χ4v) is 1.19. The quantitative estimate of drug-likeness (QED) is 0.743. The van der Waals surface area contributed by atoms with Crippen LogP contribution in [0.5, 0.6) is 5.75 Å². The van der Waals surface area contributed by atoms with E-state index in [0.717, 1.165) is 11.3 Å². The Morgan fingerprint density at radius 1 is 1.53 bits per heavy atom. The van der Waals surface area contributed by atoms with Crippen LogP contribution in [0.2, 0.25) is 0 Å². The number of amides is 1. The Kier molecular flexibility index (Phi) is 5.62. The lowest BCUT2D eigenvalue weighted by Gasteiger charge is -2.01. The molecule has 17 heavy (non-hydrogen) atoms. The minimum atomic E-state index is -0.206. The van der Waals surface area contributed by atoms with Crippen molar-refractivity contribution in [2.75, 3.05) is 19.7 Å². The summed E-state index contributed by atoms with van der Waals surface area (Å²) in [6.45, 7) is 2.85. The summed E-state index contributed by atoms with van der Waals surface area (Å²) in [5.41, 5.74) is 6.00. The van der Waals surface area contributed by atoms with E-state index in [-0.39, 0.29) is 12.5 Å². The van der Waals surface area contributed by atoms with Crippen molar-refractivity contribution >= 4 is 5.91 Å². The number of rotatable bonds is 4. The number of nitrogens with one attached hydrogen (secondary N) is 1. The van der Waals surface area contributed by atoms with E-state index in [1.165, 1.54) is 0 Å². The summed E-state index contributed by atoms with van der Waals surface area (Å²) in [6, 6.07) is 7.51. The van der Waals surface area contributed by atoms with Gasteiger partial charge in [0.2, 0.25) is 5.91 Å². The summed E-state index contributed by atoms with van der Waals surface area (Å²) in [6.07, 6.45) is 0. The molecule has 0 saturated carbocycles. The third-order valence-electron chi connectivity index (χ3n) is 1.94. The molecule has 3 N–H and O–H groups in total. The molecule has 0 aliphatic carbocycles. The minimum absolute atomic E-state index is 0.0124. The zero-order valence-corrected chi connectivity index (χ0v) is 9.82. The zero-order valence-electron chi connectivity index (χ0n) is 9.82. The zero-order chi connectivity index (χ0) is 12.5. The van der Waals surface area contributed by atoms with Gasteiger partial charge in [-0.3, -0.25) is 4.79 Å². The van der Waals surface area contributed by atoms with Gasteiger partial charge in [-0.05, 0) is 25.1 Å². The van der Waals surface area contributed by atoms with Crippen molar-refractivity contribution in [2.24, 2.45) is 5.73 Å². The lowest BCUT2D eigenvalue weighted by atomic mass is 10.2. The van der Waals surface area contributed by atoms with Crippen LogP contribution in [0.15, 0.2) is 24.3 Å². The number of hydrogen-bond acceptors (Lipinski definition) is 3. The first-order valence-corrected chi connectivity index (χ1v) is 5.44. The van der Waals surface area contributed by atoms with Crippen LogP contribution in [-0.2, 0) is 4.79 Å². The number of ether oxygens (including phenoxy) is 1. The predicted octanol–water partition coefficient (Wildman–Crippen LogP) is 0.512. The molecule has 0 fully saturated rings. The maximum atomic E-state index is 10.8. The van der Waals surface area contributed by atoms with Crippen molar-refractivity contribution in [3.8, 4) is 17.6 Å². The normalized spacial score (nSPS) is 9.06. The average Bonchev–Trinajstić information content (AvgIpc) is 2.35. The largest absolute Gasteiger partial charge is 0.494 e. The van der Waals surface area contributed by atoms with Crippen LogP contribution in [0.25, 0.3) is 0 Å². The molecule has 0 bridgehead atoms. The second-order valence-electron chi connectivity index (χ2n) is 3.24. The van der Waals surface area contributed by atoms with Crippen molar-refractivity contribution in [1.82, 2.24) is 5.32 Å². The van der Waals surface area contributed by atoms with Crippen molar-refractivity contribution in [2.45, 2.75) is 6.92 Å². The molecule has 1 aromatic carbocycles. The Bertz CT molecular complexity index is 433. The van der Waals surface area contributed by atoms with E-state index >= 15 is 0 Å². The van der Waals surface area contributed by atoms with Gasteiger partial charge in [-0.2, -0.15) is 0 Å². The standard InChI is InChI=1S/C13H16N2O2/c1-2-17-12-7-3-5-11(9-12)6-4-8-15-13(16)10-14/h3,5,7,9H,2,8,10,14H2,1H3,(H,15,16). The van der Waals surface area contributed by atoms with Crippen LogP contribution in [0.3, 0.4) is 0 Å². The molecule has 4 nitrogen and oxygen atoms in total. The Hall–Kier alpha value is -1.99. The van der Waals surface area contributed by atoms with Crippen molar-refractivity contribution < 1.29 is 9.53 Å². The summed E-state index contributed by atoms with van der Waals surface area (Å²) < 4.78 is 5.35. The Balaban J connectivity index is 2.53. The Labute approximate surface area is 101 Å². The van der Waals surface area contributed by atoms with Crippen LogP contribution in [0.1, 0.15) is 12.5 Å². The van der Waals surface area contributed by atoms with Gasteiger partial charge in [-0.1, -0.05) is 17.9 Å². The van der Waals surface area contributed by atoms with E-state index in [4.69, 9.17) is 10.5 Å². The van der Waals surface area contributed by atoms with Crippen molar-refractivity contribution in [1.29, 1.82) is 0 Å². The molecule has 90 valence electrons. The van der Waals surface area contributed by atoms with E-state index in [0.29, 0.717) is 13.2 Å². The second kappa shape index (κ2) is 7.31. The van der Waals surface area contributed by atoms with Crippen LogP contribution in [0, 0.1) is 11.8 Å². The maximum Gasteiger partial charge on any atom is 0.234 e. The molecule has 0 aromatic heterocycles. The number of nitrogens with two attached hydrogens (primary N) is 1. The summed E-state index contributed by atoms with van der Waals surface area (Å²) in [5.74, 6) is 6.37. The van der Waals surface area contributed by atoms with Gasteiger partial charge >= 0.3 is 0 Å². The topological polar surface area (TPSA) is 64.3 Å². The molecular formula is C13H16N2O2. The maximum absolute atomic E-state index is 10.8. The SMILES string of the molecule is CCOc1cccc(C#CCNC(=O)CN)c1. The van der Waals surface area contributed by atoms with Crippen LogP contribution in [0.4, 0.5) is 0 Å². The van der Waals surface area contributed by atoms with E-state index < -0.39 is 0 Å². The summed E-state index contributed by atoms with van der Waals surface area (Å²) in [4.78, 5) is 10.8. The molecule has 1 amide bonds. The van der Waals surface area contributed by atoms with Gasteiger partial charge in [-0.15, -0.1) is 0 Å². The first kappa shape index (κ1) is 13.1. The fourth-order valence-electron chi connectivity index (χ4n) is 1.19. The molecule has 1 aromatic rings. The van der Waals surface area contributed by atoms with Gasteiger partial charge in [0, 0.05) is 5.56 Å². The van der Waals surface area contributed by atoms with Gasteiger partial charge in [0.1, 0.15) is 5.75 Å². The first-order valence-electron chi connectivity index (χ1n) is 5.44. The molecule has 0 aliphatic heterocycles.